The monoisotopic (exact) mass is 470 g/mol. The third-order valence-corrected chi connectivity index (χ3v) is 7.05. The van der Waals surface area contributed by atoms with E-state index < -0.39 is 0 Å². The summed E-state index contributed by atoms with van der Waals surface area (Å²) in [4.78, 5) is 14.9. The number of amidine groups is 1. The number of aryl methyl sites for hydroxylation is 1. The summed E-state index contributed by atoms with van der Waals surface area (Å²) in [5.74, 6) is 1.20. The van der Waals surface area contributed by atoms with Crippen LogP contribution < -0.4 is 4.80 Å². The zero-order valence-corrected chi connectivity index (χ0v) is 19.7. The van der Waals surface area contributed by atoms with Gasteiger partial charge in [-0.1, -0.05) is 90.1 Å². The number of carbonyl (C=O) groups excluding carboxylic acids is 1. The average molecular weight is 471 g/mol. The highest BCUT2D eigenvalue weighted by Crippen LogP contribution is 2.25. The summed E-state index contributed by atoms with van der Waals surface area (Å²) in [5, 5.41) is 11.3. The number of benzene rings is 3. The Morgan fingerprint density at radius 3 is 2.30 bits per heavy atom. The molecule has 3 aromatic carbocycles. The van der Waals surface area contributed by atoms with E-state index in [9.17, 15) is 4.79 Å². The third-order valence-electron chi connectivity index (χ3n) is 5.36. The highest BCUT2D eigenvalue weighted by atomic mass is 32.2. The summed E-state index contributed by atoms with van der Waals surface area (Å²) in [6, 6.07) is 28.6. The van der Waals surface area contributed by atoms with Crippen LogP contribution in [0.2, 0.25) is 0 Å². The molecule has 1 amide bonds. The quantitative estimate of drug-likeness (QED) is 0.331. The van der Waals surface area contributed by atoms with Crippen LogP contribution in [0.5, 0.6) is 0 Å². The number of rotatable bonds is 5. The molecule has 1 aliphatic heterocycles. The molecule has 0 saturated carbocycles. The summed E-state index contributed by atoms with van der Waals surface area (Å²) in [7, 11) is 0. The lowest BCUT2D eigenvalue weighted by molar-refractivity contribution is 0.244. The minimum absolute atomic E-state index is 0.00950. The van der Waals surface area contributed by atoms with Gasteiger partial charge in [-0.2, -0.15) is 0 Å². The van der Waals surface area contributed by atoms with E-state index >= 15 is 0 Å². The number of thiazole rings is 1. The van der Waals surface area contributed by atoms with Crippen LogP contribution >= 0.6 is 23.1 Å². The lowest BCUT2D eigenvalue weighted by Crippen LogP contribution is -2.28. The Kier molecular flexibility index (Phi) is 6.24. The number of nitrogens with zero attached hydrogens (tertiary/aromatic N) is 4. The fourth-order valence-electron chi connectivity index (χ4n) is 3.63. The van der Waals surface area contributed by atoms with Gasteiger partial charge in [-0.25, -0.2) is 0 Å². The molecular formula is C26H22N4OS2. The number of hydrogen-bond acceptors (Lipinski definition) is 5. The molecule has 7 heteroatoms. The summed E-state index contributed by atoms with van der Waals surface area (Å²) < 4.78 is 2.12. The molecule has 4 aromatic rings. The van der Waals surface area contributed by atoms with Crippen LogP contribution in [0.3, 0.4) is 0 Å². The number of carbonyl (C=O) groups is 1. The second-order valence-corrected chi connectivity index (χ2v) is 9.45. The van der Waals surface area contributed by atoms with Crippen molar-refractivity contribution in [1.29, 1.82) is 0 Å². The van der Waals surface area contributed by atoms with Gasteiger partial charge in [-0.05, 0) is 30.2 Å². The number of para-hydroxylation sites is 1. The van der Waals surface area contributed by atoms with Crippen LogP contribution in [0.25, 0.3) is 16.9 Å². The molecule has 33 heavy (non-hydrogen) atoms. The standard InChI is InChI=1S/C26H22N4OS2/c1-19-12-14-21(15-13-19)23-17-32-25(30(23)22-10-6-3-7-11-22)28-27-24-18-33-26(31)29(24)16-20-8-4-2-5-9-20/h2-15,17H,16,18H2,1H3. The van der Waals surface area contributed by atoms with E-state index in [-0.39, 0.29) is 5.24 Å². The maximum absolute atomic E-state index is 12.5. The molecule has 2 heterocycles. The second kappa shape index (κ2) is 9.60. The van der Waals surface area contributed by atoms with Gasteiger partial charge < -0.3 is 0 Å². The summed E-state index contributed by atoms with van der Waals surface area (Å²) >= 11 is 2.80. The molecule has 1 aliphatic rings. The van der Waals surface area contributed by atoms with E-state index in [0.29, 0.717) is 18.1 Å². The van der Waals surface area contributed by atoms with E-state index in [1.165, 1.54) is 28.7 Å². The van der Waals surface area contributed by atoms with Crippen molar-refractivity contribution in [3.63, 3.8) is 0 Å². The largest absolute Gasteiger partial charge is 0.287 e. The van der Waals surface area contributed by atoms with Crippen LogP contribution in [-0.4, -0.2) is 26.3 Å². The van der Waals surface area contributed by atoms with Gasteiger partial charge in [0, 0.05) is 11.1 Å². The molecule has 0 bridgehead atoms. The van der Waals surface area contributed by atoms with Gasteiger partial charge in [0.25, 0.3) is 5.24 Å². The summed E-state index contributed by atoms with van der Waals surface area (Å²) in [6.45, 7) is 2.58. The van der Waals surface area contributed by atoms with E-state index in [1.807, 2.05) is 48.5 Å². The van der Waals surface area contributed by atoms with Crippen LogP contribution in [0.15, 0.2) is 101 Å². The first kappa shape index (κ1) is 21.4. The van der Waals surface area contributed by atoms with Gasteiger partial charge in [0.05, 0.1) is 18.0 Å². The smallest absolute Gasteiger partial charge is 0.284 e. The number of hydrogen-bond donors (Lipinski definition) is 0. The van der Waals surface area contributed by atoms with Crippen LogP contribution in [-0.2, 0) is 6.54 Å². The van der Waals surface area contributed by atoms with Gasteiger partial charge >= 0.3 is 0 Å². The minimum atomic E-state index is 0.00950. The molecule has 0 unspecified atom stereocenters. The Labute approximate surface area is 200 Å². The Hall–Kier alpha value is -3.42. The molecular weight excluding hydrogens is 448 g/mol. The van der Waals surface area contributed by atoms with Gasteiger partial charge in [0.2, 0.25) is 4.80 Å². The molecule has 5 rings (SSSR count). The molecule has 1 saturated heterocycles. The van der Waals surface area contributed by atoms with Crippen molar-refractivity contribution in [3.05, 3.63) is 106 Å². The number of aromatic nitrogens is 1. The first-order valence-electron chi connectivity index (χ1n) is 10.6. The summed E-state index contributed by atoms with van der Waals surface area (Å²) in [5.41, 5.74) is 5.48. The molecule has 0 aliphatic carbocycles. The Morgan fingerprint density at radius 2 is 1.58 bits per heavy atom. The Balaban J connectivity index is 1.56. The molecule has 164 valence electrons. The first-order chi connectivity index (χ1) is 16.2. The molecule has 0 radical (unpaired) electrons. The Morgan fingerprint density at radius 1 is 0.879 bits per heavy atom. The Bertz CT molecular complexity index is 1360. The number of amides is 1. The van der Waals surface area contributed by atoms with Crippen molar-refractivity contribution in [3.8, 4) is 16.9 Å². The van der Waals surface area contributed by atoms with Gasteiger partial charge in [0.1, 0.15) is 5.84 Å². The van der Waals surface area contributed by atoms with E-state index in [0.717, 1.165) is 27.3 Å². The normalized spacial score (nSPS) is 15.5. The lowest BCUT2D eigenvalue weighted by atomic mass is 10.1. The van der Waals surface area contributed by atoms with Crippen molar-refractivity contribution in [2.45, 2.75) is 13.5 Å². The third kappa shape index (κ3) is 4.69. The van der Waals surface area contributed by atoms with Crippen molar-refractivity contribution >= 4 is 34.2 Å². The van der Waals surface area contributed by atoms with Crippen LogP contribution in [0, 0.1) is 6.92 Å². The van der Waals surface area contributed by atoms with E-state index in [4.69, 9.17) is 0 Å². The highest BCUT2D eigenvalue weighted by molar-refractivity contribution is 8.14. The van der Waals surface area contributed by atoms with Crippen LogP contribution in [0.1, 0.15) is 11.1 Å². The highest BCUT2D eigenvalue weighted by Gasteiger charge is 2.28. The van der Waals surface area contributed by atoms with Crippen molar-refractivity contribution in [2.24, 2.45) is 10.2 Å². The number of thioether (sulfide) groups is 1. The molecule has 0 atom stereocenters. The van der Waals surface area contributed by atoms with Gasteiger partial charge in [0.15, 0.2) is 0 Å². The predicted octanol–water partition coefficient (Wildman–Crippen LogP) is 6.10. The second-order valence-electron chi connectivity index (χ2n) is 7.68. The van der Waals surface area contributed by atoms with Gasteiger partial charge in [-0.15, -0.1) is 21.5 Å². The lowest BCUT2D eigenvalue weighted by Gasteiger charge is -2.15. The summed E-state index contributed by atoms with van der Waals surface area (Å²) in [6.07, 6.45) is 0. The fraction of sp³-hybridized carbons (Fsp3) is 0.115. The molecule has 5 nitrogen and oxygen atoms in total. The predicted molar refractivity (Wildman–Crippen MR) is 137 cm³/mol. The maximum Gasteiger partial charge on any atom is 0.287 e. The van der Waals surface area contributed by atoms with E-state index in [1.54, 1.807) is 4.90 Å². The molecule has 1 aromatic heterocycles. The van der Waals surface area contributed by atoms with Crippen molar-refractivity contribution in [1.82, 2.24) is 9.47 Å². The fourth-order valence-corrected chi connectivity index (χ4v) is 5.27. The zero-order chi connectivity index (χ0) is 22.6. The van der Waals surface area contributed by atoms with Crippen molar-refractivity contribution in [2.75, 3.05) is 5.75 Å². The minimum Gasteiger partial charge on any atom is -0.284 e. The SMILES string of the molecule is Cc1ccc(-c2csc(=NN=C3CSC(=O)N3Cc3ccccc3)n2-c2ccccc2)cc1. The molecule has 0 N–H and O–H groups in total. The average Bonchev–Trinajstić information content (AvgIpc) is 3.43. The topological polar surface area (TPSA) is 50.0 Å². The molecule has 0 spiro atoms. The first-order valence-corrected chi connectivity index (χ1v) is 12.5. The maximum atomic E-state index is 12.5. The van der Waals surface area contributed by atoms with Gasteiger partial charge in [-0.3, -0.25) is 14.3 Å². The van der Waals surface area contributed by atoms with Crippen molar-refractivity contribution < 1.29 is 4.79 Å². The van der Waals surface area contributed by atoms with Crippen LogP contribution in [0.4, 0.5) is 4.79 Å². The zero-order valence-electron chi connectivity index (χ0n) is 18.1. The van der Waals surface area contributed by atoms with E-state index in [2.05, 4.69) is 63.5 Å². The molecule has 1 fully saturated rings.